The van der Waals surface area contributed by atoms with E-state index in [9.17, 15) is 27.6 Å². The van der Waals surface area contributed by atoms with Gasteiger partial charge >= 0.3 is 12.3 Å². The van der Waals surface area contributed by atoms with Crippen molar-refractivity contribution in [1.29, 1.82) is 0 Å². The SMILES string of the molecule is CC(C)(C(=O)O)C(=O)NC1CCN(c2cccc(OC(F)(F)F)c2)C1=O. The van der Waals surface area contributed by atoms with Crippen LogP contribution < -0.4 is 15.0 Å². The molecule has 1 aliphatic rings. The first-order chi connectivity index (χ1) is 11.9. The lowest BCUT2D eigenvalue weighted by atomic mass is 9.92. The molecule has 0 saturated carbocycles. The van der Waals surface area contributed by atoms with E-state index < -0.39 is 41.4 Å². The Morgan fingerprint density at radius 3 is 2.54 bits per heavy atom. The maximum absolute atomic E-state index is 12.4. The predicted octanol–water partition coefficient (Wildman–Crippen LogP) is 1.92. The van der Waals surface area contributed by atoms with E-state index in [2.05, 4.69) is 10.1 Å². The summed E-state index contributed by atoms with van der Waals surface area (Å²) in [6.45, 7) is 2.58. The number of hydrogen-bond donors (Lipinski definition) is 2. The highest BCUT2D eigenvalue weighted by molar-refractivity contribution is 6.05. The summed E-state index contributed by atoms with van der Waals surface area (Å²) in [5.74, 6) is -3.17. The number of ether oxygens (including phenoxy) is 1. The highest BCUT2D eigenvalue weighted by atomic mass is 19.4. The van der Waals surface area contributed by atoms with E-state index in [1.165, 1.54) is 30.9 Å². The molecule has 1 aliphatic heterocycles. The first-order valence-corrected chi connectivity index (χ1v) is 7.63. The molecule has 1 saturated heterocycles. The standard InChI is InChI=1S/C16H17F3N2O5/c1-15(2,14(24)25)13(23)20-11-6-7-21(12(11)22)9-4-3-5-10(8-9)26-16(17,18)19/h3-5,8,11H,6-7H2,1-2H3,(H,20,23)(H,24,25). The summed E-state index contributed by atoms with van der Waals surface area (Å²) in [7, 11) is 0. The van der Waals surface area contributed by atoms with Crippen molar-refractivity contribution >= 4 is 23.5 Å². The van der Waals surface area contributed by atoms with Crippen LogP contribution in [0.5, 0.6) is 5.75 Å². The summed E-state index contributed by atoms with van der Waals surface area (Å²) in [6.07, 6.45) is -4.66. The molecule has 0 bridgehead atoms. The summed E-state index contributed by atoms with van der Waals surface area (Å²) in [5, 5.41) is 11.4. The van der Waals surface area contributed by atoms with Crippen molar-refractivity contribution in [1.82, 2.24) is 5.32 Å². The van der Waals surface area contributed by atoms with Crippen molar-refractivity contribution in [2.75, 3.05) is 11.4 Å². The van der Waals surface area contributed by atoms with E-state index in [4.69, 9.17) is 5.11 Å². The molecule has 0 spiro atoms. The van der Waals surface area contributed by atoms with Crippen molar-refractivity contribution < 1.29 is 37.4 Å². The number of carboxylic acid groups (broad SMARTS) is 1. The van der Waals surface area contributed by atoms with Gasteiger partial charge in [-0.2, -0.15) is 0 Å². The largest absolute Gasteiger partial charge is 0.573 e. The number of nitrogens with one attached hydrogen (secondary N) is 1. The molecule has 142 valence electrons. The third kappa shape index (κ3) is 4.24. The van der Waals surface area contributed by atoms with Crippen LogP contribution in [0.15, 0.2) is 24.3 Å². The fourth-order valence-electron chi connectivity index (χ4n) is 2.35. The number of benzene rings is 1. The molecule has 1 atom stereocenters. The van der Waals surface area contributed by atoms with E-state index in [1.54, 1.807) is 0 Å². The average Bonchev–Trinajstić information content (AvgIpc) is 2.86. The molecule has 1 aromatic rings. The Labute approximate surface area is 146 Å². The number of alkyl halides is 3. The Morgan fingerprint density at radius 1 is 1.31 bits per heavy atom. The highest BCUT2D eigenvalue weighted by Crippen LogP contribution is 2.29. The van der Waals surface area contributed by atoms with Gasteiger partial charge in [0.05, 0.1) is 0 Å². The highest BCUT2D eigenvalue weighted by Gasteiger charge is 2.41. The minimum absolute atomic E-state index is 0.159. The van der Waals surface area contributed by atoms with Crippen LogP contribution >= 0.6 is 0 Å². The van der Waals surface area contributed by atoms with E-state index in [0.29, 0.717) is 0 Å². The topological polar surface area (TPSA) is 95.9 Å². The molecule has 10 heteroatoms. The summed E-state index contributed by atoms with van der Waals surface area (Å²) in [6, 6.07) is 3.96. The maximum atomic E-state index is 12.4. The first kappa shape index (κ1) is 19.5. The van der Waals surface area contributed by atoms with Gasteiger partial charge in [-0.1, -0.05) is 6.07 Å². The van der Waals surface area contributed by atoms with Crippen LogP contribution in [0.1, 0.15) is 20.3 Å². The van der Waals surface area contributed by atoms with Crippen LogP contribution in [0.3, 0.4) is 0 Å². The predicted molar refractivity (Wildman–Crippen MR) is 83.4 cm³/mol. The molecule has 2 amide bonds. The van der Waals surface area contributed by atoms with Gasteiger partial charge in [0.2, 0.25) is 11.8 Å². The molecule has 2 N–H and O–H groups in total. The average molecular weight is 374 g/mol. The molecule has 1 heterocycles. The zero-order valence-electron chi connectivity index (χ0n) is 14.0. The lowest BCUT2D eigenvalue weighted by Crippen LogP contribution is -2.49. The minimum Gasteiger partial charge on any atom is -0.480 e. The van der Waals surface area contributed by atoms with Gasteiger partial charge < -0.3 is 20.1 Å². The number of carbonyl (C=O) groups excluding carboxylic acids is 2. The van der Waals surface area contributed by atoms with Crippen LogP contribution in [0, 0.1) is 5.41 Å². The Balaban J connectivity index is 2.11. The van der Waals surface area contributed by atoms with E-state index in [0.717, 1.165) is 12.1 Å². The number of aliphatic carboxylic acids is 1. The van der Waals surface area contributed by atoms with Crippen molar-refractivity contribution in [2.24, 2.45) is 5.41 Å². The van der Waals surface area contributed by atoms with Gasteiger partial charge in [0.1, 0.15) is 17.2 Å². The van der Waals surface area contributed by atoms with E-state index in [-0.39, 0.29) is 18.7 Å². The Hall–Kier alpha value is -2.78. The minimum atomic E-state index is -4.85. The molecule has 0 radical (unpaired) electrons. The van der Waals surface area contributed by atoms with Gasteiger partial charge in [0.25, 0.3) is 0 Å². The van der Waals surface area contributed by atoms with Crippen molar-refractivity contribution in [2.45, 2.75) is 32.7 Å². The van der Waals surface area contributed by atoms with Crippen molar-refractivity contribution in [3.63, 3.8) is 0 Å². The summed E-state index contributed by atoms with van der Waals surface area (Å²) < 4.78 is 40.8. The summed E-state index contributed by atoms with van der Waals surface area (Å²) in [4.78, 5) is 36.8. The summed E-state index contributed by atoms with van der Waals surface area (Å²) >= 11 is 0. The van der Waals surface area contributed by atoms with Gasteiger partial charge in [0, 0.05) is 18.3 Å². The molecule has 7 nitrogen and oxygen atoms in total. The number of amides is 2. The number of carboxylic acids is 1. The number of carbonyl (C=O) groups is 3. The number of hydrogen-bond acceptors (Lipinski definition) is 4. The van der Waals surface area contributed by atoms with Crippen molar-refractivity contribution in [3.8, 4) is 5.75 Å². The first-order valence-electron chi connectivity index (χ1n) is 7.63. The second-order valence-electron chi connectivity index (χ2n) is 6.28. The molecular formula is C16H17F3N2O5. The molecule has 1 aromatic carbocycles. The van der Waals surface area contributed by atoms with Gasteiger partial charge in [-0.3, -0.25) is 14.4 Å². The Bertz CT molecular complexity index is 733. The van der Waals surface area contributed by atoms with E-state index in [1.807, 2.05) is 0 Å². The smallest absolute Gasteiger partial charge is 0.480 e. The van der Waals surface area contributed by atoms with Crippen LogP contribution in [-0.2, 0) is 14.4 Å². The second-order valence-corrected chi connectivity index (χ2v) is 6.28. The quantitative estimate of drug-likeness (QED) is 0.768. The lowest BCUT2D eigenvalue weighted by Gasteiger charge is -2.22. The number of rotatable bonds is 5. The third-order valence-electron chi connectivity index (χ3n) is 3.98. The molecule has 0 aromatic heterocycles. The zero-order chi connectivity index (χ0) is 19.7. The van der Waals surface area contributed by atoms with Gasteiger partial charge in [-0.25, -0.2) is 0 Å². The van der Waals surface area contributed by atoms with Gasteiger partial charge in [-0.05, 0) is 32.4 Å². The normalized spacial score (nSPS) is 18.0. The third-order valence-corrected chi connectivity index (χ3v) is 3.98. The molecule has 26 heavy (non-hydrogen) atoms. The van der Waals surface area contributed by atoms with E-state index >= 15 is 0 Å². The fourth-order valence-corrected chi connectivity index (χ4v) is 2.35. The van der Waals surface area contributed by atoms with Gasteiger partial charge in [0.15, 0.2) is 0 Å². The van der Waals surface area contributed by atoms with Crippen LogP contribution in [0.4, 0.5) is 18.9 Å². The number of anilines is 1. The Morgan fingerprint density at radius 2 is 1.96 bits per heavy atom. The van der Waals surface area contributed by atoms with Crippen LogP contribution in [0.25, 0.3) is 0 Å². The molecule has 1 fully saturated rings. The number of nitrogens with zero attached hydrogens (tertiary/aromatic N) is 1. The molecule has 1 unspecified atom stereocenters. The van der Waals surface area contributed by atoms with Gasteiger partial charge in [-0.15, -0.1) is 13.2 Å². The molecule has 2 rings (SSSR count). The molecule has 0 aliphatic carbocycles. The maximum Gasteiger partial charge on any atom is 0.573 e. The molecular weight excluding hydrogens is 357 g/mol. The summed E-state index contributed by atoms with van der Waals surface area (Å²) in [5.41, 5.74) is -1.53. The lowest BCUT2D eigenvalue weighted by molar-refractivity contribution is -0.274. The second kappa shape index (κ2) is 6.85. The fraction of sp³-hybridized carbons (Fsp3) is 0.438. The number of halogens is 3. The Kier molecular flexibility index (Phi) is 5.15. The van der Waals surface area contributed by atoms with Crippen LogP contribution in [0.2, 0.25) is 0 Å². The van der Waals surface area contributed by atoms with Crippen molar-refractivity contribution in [3.05, 3.63) is 24.3 Å². The van der Waals surface area contributed by atoms with Crippen LogP contribution in [-0.4, -0.2) is 41.8 Å². The zero-order valence-corrected chi connectivity index (χ0v) is 14.0. The monoisotopic (exact) mass is 374 g/mol.